The first-order valence-electron chi connectivity index (χ1n) is 7.35. The van der Waals surface area contributed by atoms with Crippen LogP contribution in [0.1, 0.15) is 10.7 Å². The summed E-state index contributed by atoms with van der Waals surface area (Å²) >= 11 is 1.66. The van der Waals surface area contributed by atoms with Gasteiger partial charge in [0.05, 0.1) is 29.1 Å². The fourth-order valence-electron chi connectivity index (χ4n) is 2.47. The number of nitrogens with zero attached hydrogens (tertiary/aromatic N) is 4. The van der Waals surface area contributed by atoms with Crippen molar-refractivity contribution in [1.82, 2.24) is 19.6 Å². The minimum absolute atomic E-state index is 0.664. The number of benzene rings is 1. The molecule has 6 heteroatoms. The Balaban J connectivity index is 1.71. The van der Waals surface area contributed by atoms with Gasteiger partial charge in [0.2, 0.25) is 0 Å². The molecule has 4 rings (SSSR count). The minimum atomic E-state index is 0.664. The topological polar surface area (TPSA) is 55.1 Å². The van der Waals surface area contributed by atoms with E-state index in [-0.39, 0.29) is 0 Å². The molecule has 3 heterocycles. The zero-order chi connectivity index (χ0) is 15.6. The number of hydrogen-bond donors (Lipinski definition) is 1. The van der Waals surface area contributed by atoms with Crippen LogP contribution in [0.5, 0.6) is 0 Å². The van der Waals surface area contributed by atoms with E-state index in [0.29, 0.717) is 6.54 Å². The highest BCUT2D eigenvalue weighted by Gasteiger charge is 2.08. The zero-order valence-corrected chi connectivity index (χ0v) is 13.4. The van der Waals surface area contributed by atoms with E-state index in [1.165, 1.54) is 0 Å². The van der Waals surface area contributed by atoms with Crippen LogP contribution in [-0.2, 0) is 6.54 Å². The summed E-state index contributed by atoms with van der Waals surface area (Å²) in [4.78, 5) is 9.16. The third-order valence-corrected chi connectivity index (χ3v) is 4.37. The Morgan fingerprint density at radius 3 is 2.78 bits per heavy atom. The number of nitrogens with one attached hydrogen (secondary N) is 1. The number of aromatic nitrogens is 4. The van der Waals surface area contributed by atoms with E-state index in [0.717, 1.165) is 33.4 Å². The van der Waals surface area contributed by atoms with Crippen LogP contribution in [0.2, 0.25) is 0 Å². The first-order valence-corrected chi connectivity index (χ1v) is 8.23. The fourth-order valence-corrected chi connectivity index (χ4v) is 3.08. The van der Waals surface area contributed by atoms with Crippen molar-refractivity contribution in [3.05, 3.63) is 64.7 Å². The summed E-state index contributed by atoms with van der Waals surface area (Å²) in [5.41, 5.74) is 3.87. The number of anilines is 1. The van der Waals surface area contributed by atoms with E-state index in [1.54, 1.807) is 17.5 Å². The van der Waals surface area contributed by atoms with Crippen LogP contribution in [0.25, 0.3) is 16.9 Å². The molecule has 23 heavy (non-hydrogen) atoms. The Kier molecular flexibility index (Phi) is 3.51. The minimum Gasteiger partial charge on any atom is -0.364 e. The maximum atomic E-state index is 4.67. The number of aryl methyl sites for hydroxylation is 1. The van der Waals surface area contributed by atoms with Gasteiger partial charge < -0.3 is 5.32 Å². The molecule has 0 fully saturated rings. The molecule has 0 aliphatic rings. The number of fused-ring (bicyclic) bond motifs is 1. The Labute approximate surface area is 137 Å². The van der Waals surface area contributed by atoms with Gasteiger partial charge in [-0.1, -0.05) is 30.3 Å². The quantitative estimate of drug-likeness (QED) is 0.621. The second-order valence-corrected chi connectivity index (χ2v) is 6.27. The molecule has 114 valence electrons. The highest BCUT2D eigenvalue weighted by Crippen LogP contribution is 2.22. The summed E-state index contributed by atoms with van der Waals surface area (Å²) in [6.45, 7) is 2.68. The molecule has 3 aromatic heterocycles. The lowest BCUT2D eigenvalue weighted by Crippen LogP contribution is -2.06. The fraction of sp³-hybridized carbons (Fsp3) is 0.118. The first kappa shape index (κ1) is 13.9. The van der Waals surface area contributed by atoms with E-state index >= 15 is 0 Å². The van der Waals surface area contributed by atoms with Crippen molar-refractivity contribution < 1.29 is 0 Å². The summed E-state index contributed by atoms with van der Waals surface area (Å²) in [6.07, 6.45) is 1.76. The van der Waals surface area contributed by atoms with Gasteiger partial charge in [-0.2, -0.15) is 9.61 Å². The van der Waals surface area contributed by atoms with Crippen molar-refractivity contribution in [2.45, 2.75) is 13.5 Å². The average Bonchev–Trinajstić information content (AvgIpc) is 3.22. The molecule has 0 aliphatic heterocycles. The molecule has 1 aromatic carbocycles. The van der Waals surface area contributed by atoms with Crippen LogP contribution in [0.15, 0.2) is 54.0 Å². The van der Waals surface area contributed by atoms with E-state index in [2.05, 4.69) is 37.9 Å². The summed E-state index contributed by atoms with van der Waals surface area (Å²) < 4.78 is 1.81. The molecule has 0 spiro atoms. The van der Waals surface area contributed by atoms with Crippen LogP contribution < -0.4 is 5.32 Å². The molecule has 0 aliphatic carbocycles. The molecule has 0 unspecified atom stereocenters. The molecule has 0 amide bonds. The maximum Gasteiger partial charge on any atom is 0.157 e. The maximum absolute atomic E-state index is 4.67. The van der Waals surface area contributed by atoms with Gasteiger partial charge in [0, 0.05) is 23.1 Å². The number of hydrogen-bond acceptors (Lipinski definition) is 5. The lowest BCUT2D eigenvalue weighted by molar-refractivity contribution is 0.919. The lowest BCUT2D eigenvalue weighted by atomic mass is 10.1. The second kappa shape index (κ2) is 5.81. The summed E-state index contributed by atoms with van der Waals surface area (Å²) in [5.74, 6) is 0.907. The SMILES string of the molecule is Cc1nc(CNc2cc(-c3ccccc3)nc3ccnn23)cs1. The Morgan fingerprint density at radius 1 is 1.13 bits per heavy atom. The molecule has 0 atom stereocenters. The summed E-state index contributed by atoms with van der Waals surface area (Å²) in [6, 6.07) is 14.1. The predicted octanol–water partition coefficient (Wildman–Crippen LogP) is 3.77. The normalized spacial score (nSPS) is 11.0. The summed E-state index contributed by atoms with van der Waals surface area (Å²) in [7, 11) is 0. The predicted molar refractivity (Wildman–Crippen MR) is 92.6 cm³/mol. The second-order valence-electron chi connectivity index (χ2n) is 5.21. The van der Waals surface area contributed by atoms with Crippen LogP contribution in [-0.4, -0.2) is 19.6 Å². The van der Waals surface area contributed by atoms with Crippen LogP contribution in [0.3, 0.4) is 0 Å². The van der Waals surface area contributed by atoms with Crippen molar-refractivity contribution in [3.63, 3.8) is 0 Å². The van der Waals surface area contributed by atoms with Crippen LogP contribution in [0.4, 0.5) is 5.82 Å². The van der Waals surface area contributed by atoms with Gasteiger partial charge in [-0.05, 0) is 6.92 Å². The number of thiazole rings is 1. The highest BCUT2D eigenvalue weighted by atomic mass is 32.1. The van der Waals surface area contributed by atoms with Crippen molar-refractivity contribution in [3.8, 4) is 11.3 Å². The third kappa shape index (κ3) is 2.80. The monoisotopic (exact) mass is 321 g/mol. The van der Waals surface area contributed by atoms with Gasteiger partial charge in [0.25, 0.3) is 0 Å². The molecule has 0 bridgehead atoms. The Morgan fingerprint density at radius 2 is 2.00 bits per heavy atom. The molecule has 0 saturated carbocycles. The molecular weight excluding hydrogens is 306 g/mol. The van der Waals surface area contributed by atoms with Crippen LogP contribution >= 0.6 is 11.3 Å². The standard InChI is InChI=1S/C17H15N5S/c1-12-20-14(11-23-12)10-18-17-9-15(13-5-3-2-4-6-13)21-16-7-8-19-22(16)17/h2-9,11,18H,10H2,1H3. The molecule has 0 saturated heterocycles. The van der Waals surface area contributed by atoms with Gasteiger partial charge in [0.15, 0.2) is 5.65 Å². The Bertz CT molecular complexity index is 942. The summed E-state index contributed by atoms with van der Waals surface area (Å²) in [5, 5.41) is 10.9. The van der Waals surface area contributed by atoms with E-state index in [4.69, 9.17) is 0 Å². The molecule has 5 nitrogen and oxygen atoms in total. The third-order valence-electron chi connectivity index (χ3n) is 3.55. The smallest absolute Gasteiger partial charge is 0.157 e. The zero-order valence-electron chi connectivity index (χ0n) is 12.6. The van der Waals surface area contributed by atoms with Crippen LogP contribution in [0, 0.1) is 6.92 Å². The van der Waals surface area contributed by atoms with Crippen molar-refractivity contribution in [2.75, 3.05) is 5.32 Å². The van der Waals surface area contributed by atoms with Gasteiger partial charge >= 0.3 is 0 Å². The van der Waals surface area contributed by atoms with Gasteiger partial charge in [-0.25, -0.2) is 9.97 Å². The van der Waals surface area contributed by atoms with E-state index in [1.807, 2.05) is 41.8 Å². The van der Waals surface area contributed by atoms with Crippen molar-refractivity contribution in [2.24, 2.45) is 0 Å². The number of rotatable bonds is 4. The largest absolute Gasteiger partial charge is 0.364 e. The average molecular weight is 321 g/mol. The molecule has 0 radical (unpaired) electrons. The van der Waals surface area contributed by atoms with Crippen molar-refractivity contribution >= 4 is 22.8 Å². The molecule has 4 aromatic rings. The lowest BCUT2D eigenvalue weighted by Gasteiger charge is -2.10. The van der Waals surface area contributed by atoms with Gasteiger partial charge in [-0.3, -0.25) is 0 Å². The van der Waals surface area contributed by atoms with Gasteiger partial charge in [-0.15, -0.1) is 11.3 Å². The molecular formula is C17H15N5S. The Hall–Kier alpha value is -2.73. The van der Waals surface area contributed by atoms with E-state index in [9.17, 15) is 0 Å². The van der Waals surface area contributed by atoms with Crippen molar-refractivity contribution in [1.29, 1.82) is 0 Å². The molecule has 1 N–H and O–H groups in total. The van der Waals surface area contributed by atoms with Gasteiger partial charge in [0.1, 0.15) is 5.82 Å². The first-order chi connectivity index (χ1) is 11.3. The highest BCUT2D eigenvalue weighted by molar-refractivity contribution is 7.09. The van der Waals surface area contributed by atoms with E-state index < -0.39 is 0 Å².